The fourth-order valence-electron chi connectivity index (χ4n) is 3.31. The predicted octanol–water partition coefficient (Wildman–Crippen LogP) is 4.73. The highest BCUT2D eigenvalue weighted by molar-refractivity contribution is 7.17. The molecule has 1 heterocycles. The zero-order valence-electron chi connectivity index (χ0n) is 14.5. The Bertz CT molecular complexity index is 917. The Kier molecular flexibility index (Phi) is 4.17. The van der Waals surface area contributed by atoms with E-state index in [0.717, 1.165) is 22.0 Å². The lowest BCUT2D eigenvalue weighted by molar-refractivity contribution is 0.244. The number of nitrogen functional groups attached to an aromatic ring is 1. The molecule has 4 rings (SSSR count). The van der Waals surface area contributed by atoms with Crippen molar-refractivity contribution in [3.05, 3.63) is 47.5 Å². The minimum absolute atomic E-state index is 0.0986. The summed E-state index contributed by atoms with van der Waals surface area (Å²) in [5, 5.41) is 10.7. The Morgan fingerprint density at radius 2 is 1.92 bits per heavy atom. The molecule has 0 unspecified atom stereocenters. The maximum absolute atomic E-state index is 6.13. The van der Waals surface area contributed by atoms with Gasteiger partial charge in [-0.2, -0.15) is 0 Å². The molecule has 4 nitrogen and oxygen atoms in total. The Morgan fingerprint density at radius 1 is 1.08 bits per heavy atom. The minimum atomic E-state index is 0.0986. The van der Waals surface area contributed by atoms with Crippen molar-refractivity contribution in [2.24, 2.45) is 0 Å². The second-order valence-electron chi connectivity index (χ2n) is 6.63. The summed E-state index contributed by atoms with van der Waals surface area (Å²) >= 11 is 1.61. The van der Waals surface area contributed by atoms with Crippen molar-refractivity contribution >= 4 is 17.0 Å². The fourth-order valence-corrected chi connectivity index (χ4v) is 4.20. The molecule has 0 atom stereocenters. The molecule has 2 N–H and O–H groups in total. The van der Waals surface area contributed by atoms with Crippen LogP contribution in [0.1, 0.15) is 31.4 Å². The summed E-state index contributed by atoms with van der Waals surface area (Å²) in [5.74, 6) is 0.712. The lowest BCUT2D eigenvalue weighted by atomic mass is 10.0. The molecule has 0 amide bonds. The van der Waals surface area contributed by atoms with Crippen LogP contribution in [0, 0.1) is 0 Å². The van der Waals surface area contributed by atoms with Crippen molar-refractivity contribution in [1.82, 2.24) is 10.2 Å². The fraction of sp³-hybridized carbons (Fsp3) is 0.300. The Hall–Kier alpha value is -2.40. The van der Waals surface area contributed by atoms with E-state index in [-0.39, 0.29) is 6.10 Å². The van der Waals surface area contributed by atoms with E-state index in [9.17, 15) is 0 Å². The van der Waals surface area contributed by atoms with Gasteiger partial charge in [-0.1, -0.05) is 29.5 Å². The summed E-state index contributed by atoms with van der Waals surface area (Å²) in [6.45, 7) is 3.98. The lowest BCUT2D eigenvalue weighted by Crippen LogP contribution is -2.07. The summed E-state index contributed by atoms with van der Waals surface area (Å²) in [5.41, 5.74) is 11.9. The monoisotopic (exact) mass is 351 g/mol. The van der Waals surface area contributed by atoms with Crippen LogP contribution in [0.4, 0.5) is 5.69 Å². The van der Waals surface area contributed by atoms with Gasteiger partial charge >= 0.3 is 0 Å². The lowest BCUT2D eigenvalue weighted by Gasteiger charge is -2.12. The van der Waals surface area contributed by atoms with Crippen LogP contribution in [-0.2, 0) is 12.8 Å². The van der Waals surface area contributed by atoms with E-state index >= 15 is 0 Å². The van der Waals surface area contributed by atoms with Gasteiger partial charge in [0.2, 0.25) is 0 Å². The molecule has 3 aromatic rings. The van der Waals surface area contributed by atoms with Gasteiger partial charge < -0.3 is 10.5 Å². The van der Waals surface area contributed by atoms with Crippen LogP contribution < -0.4 is 10.5 Å². The van der Waals surface area contributed by atoms with Gasteiger partial charge in [0.1, 0.15) is 15.8 Å². The van der Waals surface area contributed by atoms with Gasteiger partial charge in [-0.3, -0.25) is 0 Å². The predicted molar refractivity (Wildman–Crippen MR) is 103 cm³/mol. The third-order valence-electron chi connectivity index (χ3n) is 4.42. The maximum atomic E-state index is 6.13. The number of fused-ring (bicyclic) bond motifs is 1. The van der Waals surface area contributed by atoms with E-state index in [1.165, 1.54) is 29.5 Å². The minimum Gasteiger partial charge on any atom is -0.489 e. The van der Waals surface area contributed by atoms with Crippen LogP contribution in [0.2, 0.25) is 0 Å². The van der Waals surface area contributed by atoms with Crippen molar-refractivity contribution in [1.29, 1.82) is 0 Å². The second-order valence-corrected chi connectivity index (χ2v) is 7.61. The number of aromatic nitrogens is 2. The largest absolute Gasteiger partial charge is 0.489 e. The first-order valence-electron chi connectivity index (χ1n) is 8.63. The normalized spacial score (nSPS) is 13.2. The first kappa shape index (κ1) is 16.1. The van der Waals surface area contributed by atoms with Crippen molar-refractivity contribution in [3.63, 3.8) is 0 Å². The van der Waals surface area contributed by atoms with Crippen LogP contribution in [0.15, 0.2) is 36.4 Å². The van der Waals surface area contributed by atoms with Crippen LogP contribution in [-0.4, -0.2) is 16.3 Å². The van der Waals surface area contributed by atoms with Crippen LogP contribution in [0.5, 0.6) is 5.75 Å². The average Bonchev–Trinajstić information content (AvgIpc) is 3.24. The molecule has 25 heavy (non-hydrogen) atoms. The zero-order valence-corrected chi connectivity index (χ0v) is 15.3. The molecule has 0 bridgehead atoms. The molecule has 0 spiro atoms. The standard InChI is InChI=1S/C20H21N3OS/c1-12(2)24-18-10-9-14(11-17(18)21)19-22-23-20(25-19)16-8-4-6-13-5-3-7-15(13)16/h4,6,8-12H,3,5,7,21H2,1-2H3. The van der Waals surface area contributed by atoms with Crippen molar-refractivity contribution < 1.29 is 4.74 Å². The number of nitrogens with zero attached hydrogens (tertiary/aromatic N) is 2. The highest BCUT2D eigenvalue weighted by atomic mass is 32.1. The number of hydrogen-bond acceptors (Lipinski definition) is 5. The molecule has 1 aliphatic carbocycles. The van der Waals surface area contributed by atoms with Crippen LogP contribution in [0.25, 0.3) is 21.1 Å². The van der Waals surface area contributed by atoms with Gasteiger partial charge in [0, 0.05) is 11.1 Å². The number of hydrogen-bond donors (Lipinski definition) is 1. The molecule has 1 aliphatic rings. The Morgan fingerprint density at radius 3 is 2.72 bits per heavy atom. The highest BCUT2D eigenvalue weighted by Gasteiger charge is 2.18. The van der Waals surface area contributed by atoms with E-state index in [1.807, 2.05) is 32.0 Å². The third-order valence-corrected chi connectivity index (χ3v) is 5.43. The van der Waals surface area contributed by atoms with Crippen LogP contribution in [0.3, 0.4) is 0 Å². The molecule has 0 saturated carbocycles. The molecule has 0 saturated heterocycles. The van der Waals surface area contributed by atoms with Crippen molar-refractivity contribution in [3.8, 4) is 26.9 Å². The Labute approximate surface area is 151 Å². The molecule has 128 valence electrons. The van der Waals surface area contributed by atoms with Gasteiger partial charge in [-0.15, -0.1) is 10.2 Å². The topological polar surface area (TPSA) is 61.0 Å². The molecular formula is C20H21N3OS. The SMILES string of the molecule is CC(C)Oc1ccc(-c2nnc(-c3cccc4c3CCC4)s2)cc1N. The van der Waals surface area contributed by atoms with Crippen molar-refractivity contribution in [2.75, 3.05) is 5.73 Å². The Balaban J connectivity index is 1.66. The molecule has 1 aromatic heterocycles. The summed E-state index contributed by atoms with van der Waals surface area (Å²) in [4.78, 5) is 0. The number of rotatable bonds is 4. The summed E-state index contributed by atoms with van der Waals surface area (Å²) in [7, 11) is 0. The number of ether oxygens (including phenoxy) is 1. The van der Waals surface area contributed by atoms with E-state index in [4.69, 9.17) is 10.5 Å². The molecule has 0 fully saturated rings. The van der Waals surface area contributed by atoms with E-state index in [1.54, 1.807) is 11.3 Å². The number of anilines is 1. The first-order valence-corrected chi connectivity index (χ1v) is 9.44. The van der Waals surface area contributed by atoms with Gasteiger partial charge in [-0.05, 0) is 62.4 Å². The molecule has 0 radical (unpaired) electrons. The third kappa shape index (κ3) is 3.12. The second kappa shape index (κ2) is 6.48. The van der Waals surface area contributed by atoms with Gasteiger partial charge in [0.15, 0.2) is 0 Å². The van der Waals surface area contributed by atoms with E-state index in [0.29, 0.717) is 11.4 Å². The zero-order chi connectivity index (χ0) is 17.4. The van der Waals surface area contributed by atoms with Gasteiger partial charge in [0.05, 0.1) is 11.8 Å². The quantitative estimate of drug-likeness (QED) is 0.690. The van der Waals surface area contributed by atoms with E-state index in [2.05, 4.69) is 28.4 Å². The maximum Gasteiger partial charge on any atom is 0.148 e. The molecule has 5 heteroatoms. The number of nitrogens with two attached hydrogens (primary N) is 1. The highest BCUT2D eigenvalue weighted by Crippen LogP contribution is 2.37. The van der Waals surface area contributed by atoms with Crippen molar-refractivity contribution in [2.45, 2.75) is 39.2 Å². The van der Waals surface area contributed by atoms with Gasteiger partial charge in [-0.25, -0.2) is 0 Å². The number of benzene rings is 2. The average molecular weight is 351 g/mol. The summed E-state index contributed by atoms with van der Waals surface area (Å²) < 4.78 is 5.70. The number of aryl methyl sites for hydroxylation is 1. The molecular weight excluding hydrogens is 330 g/mol. The van der Waals surface area contributed by atoms with Gasteiger partial charge in [0.25, 0.3) is 0 Å². The van der Waals surface area contributed by atoms with Crippen LogP contribution >= 0.6 is 11.3 Å². The molecule has 2 aromatic carbocycles. The van der Waals surface area contributed by atoms with E-state index < -0.39 is 0 Å². The first-order chi connectivity index (χ1) is 12.1. The smallest absolute Gasteiger partial charge is 0.148 e. The molecule has 0 aliphatic heterocycles. The summed E-state index contributed by atoms with van der Waals surface area (Å²) in [6.07, 6.45) is 3.63. The summed E-state index contributed by atoms with van der Waals surface area (Å²) in [6, 6.07) is 12.3.